The Kier molecular flexibility index (Phi) is 20.3. The van der Waals surface area contributed by atoms with Gasteiger partial charge in [-0.3, -0.25) is 0 Å². The number of rotatable bonds is 2. The molecule has 0 N–H and O–H groups in total. The Bertz CT molecular complexity index is 354. The van der Waals surface area contributed by atoms with Gasteiger partial charge in [-0.1, -0.05) is 147 Å². The average Bonchev–Trinajstić information content (AvgIpc) is 2.44. The fourth-order valence-electron chi connectivity index (χ4n) is 1.45. The zero-order chi connectivity index (χ0) is 22.9. The van der Waals surface area contributed by atoms with Crippen LogP contribution in [-0.2, 0) is 0 Å². The van der Waals surface area contributed by atoms with Crippen LogP contribution in [-0.4, -0.2) is 0 Å². The molecule has 0 aromatic rings. The van der Waals surface area contributed by atoms with E-state index in [-0.39, 0.29) is 0 Å². The van der Waals surface area contributed by atoms with Gasteiger partial charge in [0.2, 0.25) is 0 Å². The molecule has 0 unspecified atom stereocenters. The molecule has 0 nitrogen and oxygen atoms in total. The van der Waals surface area contributed by atoms with Gasteiger partial charge in [-0.25, -0.2) is 0 Å². The van der Waals surface area contributed by atoms with Crippen molar-refractivity contribution in [1.29, 1.82) is 0 Å². The lowest BCUT2D eigenvalue weighted by Crippen LogP contribution is -2.04. The Morgan fingerprint density at radius 2 is 0.704 bits per heavy atom. The maximum Gasteiger partial charge on any atom is -0.0200 e. The molecule has 0 heteroatoms. The fraction of sp³-hybridized carbons (Fsp3) is 0.778. The molecular formula is C27H56. The minimum absolute atomic E-state index is 0.294. The normalized spacial score (nSPS) is 12.9. The summed E-state index contributed by atoms with van der Waals surface area (Å²) in [5, 5.41) is 0. The SMILES string of the molecule is CC.CC.CC(C)(C)C=CC=CC(C)(C)C.CC(C)(C)C=CCC(C)(C)C. The maximum atomic E-state index is 2.29. The van der Waals surface area contributed by atoms with Gasteiger partial charge in [-0.2, -0.15) is 0 Å². The van der Waals surface area contributed by atoms with Crippen LogP contribution in [0.5, 0.6) is 0 Å². The fourth-order valence-corrected chi connectivity index (χ4v) is 1.45. The van der Waals surface area contributed by atoms with E-state index >= 15 is 0 Å². The van der Waals surface area contributed by atoms with Gasteiger partial charge in [-0.15, -0.1) is 0 Å². The van der Waals surface area contributed by atoms with Crippen molar-refractivity contribution >= 4 is 0 Å². The van der Waals surface area contributed by atoms with Crippen LogP contribution in [0.15, 0.2) is 36.5 Å². The molecule has 0 rings (SSSR count). The van der Waals surface area contributed by atoms with Crippen molar-refractivity contribution in [3.8, 4) is 0 Å². The van der Waals surface area contributed by atoms with Crippen LogP contribution in [0.25, 0.3) is 0 Å². The molecule has 0 bridgehead atoms. The molecule has 0 heterocycles. The number of hydrogen-bond acceptors (Lipinski definition) is 0. The van der Waals surface area contributed by atoms with E-state index in [0.717, 1.165) is 0 Å². The second kappa shape index (κ2) is 16.2. The van der Waals surface area contributed by atoms with Crippen molar-refractivity contribution in [2.75, 3.05) is 0 Å². The predicted octanol–water partition coefficient (Wildman–Crippen LogP) is 10.3. The Balaban J connectivity index is -0.000000165. The van der Waals surface area contributed by atoms with Crippen molar-refractivity contribution in [3.63, 3.8) is 0 Å². The topological polar surface area (TPSA) is 0 Å². The third-order valence-corrected chi connectivity index (χ3v) is 2.65. The molecule has 0 aliphatic heterocycles. The van der Waals surface area contributed by atoms with Crippen molar-refractivity contribution in [1.82, 2.24) is 0 Å². The van der Waals surface area contributed by atoms with E-state index in [0.29, 0.717) is 21.7 Å². The summed E-state index contributed by atoms with van der Waals surface area (Å²) in [6, 6.07) is 0. The minimum atomic E-state index is 0.294. The predicted molar refractivity (Wildman–Crippen MR) is 133 cm³/mol. The Morgan fingerprint density at radius 3 is 0.889 bits per heavy atom. The van der Waals surface area contributed by atoms with Crippen molar-refractivity contribution in [3.05, 3.63) is 36.5 Å². The third-order valence-electron chi connectivity index (χ3n) is 2.65. The van der Waals surface area contributed by atoms with Gasteiger partial charge in [0.25, 0.3) is 0 Å². The van der Waals surface area contributed by atoms with Crippen molar-refractivity contribution in [2.45, 2.75) is 117 Å². The lowest BCUT2D eigenvalue weighted by atomic mass is 9.89. The monoisotopic (exact) mass is 380 g/mol. The van der Waals surface area contributed by atoms with Crippen molar-refractivity contribution < 1.29 is 0 Å². The summed E-state index contributed by atoms with van der Waals surface area (Å²) in [7, 11) is 0. The highest BCUT2D eigenvalue weighted by atomic mass is 14.1. The molecule has 0 atom stereocenters. The molecule has 0 aliphatic carbocycles. The van der Waals surface area contributed by atoms with Crippen LogP contribution in [0, 0.1) is 21.7 Å². The molecule has 164 valence electrons. The molecule has 0 radical (unpaired) electrons. The highest BCUT2D eigenvalue weighted by Crippen LogP contribution is 2.22. The summed E-state index contributed by atoms with van der Waals surface area (Å²) in [4.78, 5) is 0. The highest BCUT2D eigenvalue weighted by molar-refractivity contribution is 5.08. The first-order chi connectivity index (χ1) is 11.9. The molecular weight excluding hydrogens is 324 g/mol. The Morgan fingerprint density at radius 1 is 0.444 bits per heavy atom. The summed E-state index contributed by atoms with van der Waals surface area (Å²) >= 11 is 0. The molecule has 0 fully saturated rings. The van der Waals surface area contributed by atoms with Gasteiger partial charge in [0.1, 0.15) is 0 Å². The van der Waals surface area contributed by atoms with Crippen LogP contribution < -0.4 is 0 Å². The van der Waals surface area contributed by atoms with E-state index in [1.165, 1.54) is 6.42 Å². The Labute approximate surface area is 175 Å². The zero-order valence-electron chi connectivity index (χ0n) is 22.2. The first-order valence-corrected chi connectivity index (χ1v) is 11.0. The zero-order valence-corrected chi connectivity index (χ0v) is 22.2. The van der Waals surface area contributed by atoms with Crippen LogP contribution in [0.3, 0.4) is 0 Å². The highest BCUT2D eigenvalue weighted by Gasteiger charge is 2.08. The van der Waals surface area contributed by atoms with Crippen LogP contribution in [0.1, 0.15) is 117 Å². The lowest BCUT2D eigenvalue weighted by molar-refractivity contribution is 0.417. The first-order valence-electron chi connectivity index (χ1n) is 11.0. The summed E-state index contributed by atoms with van der Waals surface area (Å²) in [5.74, 6) is 0. The molecule has 0 spiro atoms. The minimum Gasteiger partial charge on any atom is -0.0875 e. The second-order valence-corrected chi connectivity index (χ2v) is 11.0. The number of allylic oxidation sites excluding steroid dienone is 6. The van der Waals surface area contributed by atoms with Gasteiger partial charge in [0, 0.05) is 0 Å². The van der Waals surface area contributed by atoms with E-state index < -0.39 is 0 Å². The van der Waals surface area contributed by atoms with E-state index in [2.05, 4.69) is 120 Å². The van der Waals surface area contributed by atoms with E-state index in [1.54, 1.807) is 0 Å². The van der Waals surface area contributed by atoms with Crippen LogP contribution in [0.2, 0.25) is 0 Å². The largest absolute Gasteiger partial charge is 0.0875 e. The molecule has 0 aromatic carbocycles. The van der Waals surface area contributed by atoms with Gasteiger partial charge >= 0.3 is 0 Å². The van der Waals surface area contributed by atoms with Crippen LogP contribution >= 0.6 is 0 Å². The maximum absolute atomic E-state index is 2.29. The van der Waals surface area contributed by atoms with Gasteiger partial charge < -0.3 is 0 Å². The standard InChI is InChI=1S/C12H22.C11H22.2C2H6/c1-11(2,3)9-7-8-10-12(4,5)6;1-10(2,3)8-7-9-11(4,5)6;2*1-2/h7-10H,1-6H3;7-8H,9H2,1-6H3;2*1-2H3. The quantitative estimate of drug-likeness (QED) is 0.330. The summed E-state index contributed by atoms with van der Waals surface area (Å²) < 4.78 is 0. The van der Waals surface area contributed by atoms with Gasteiger partial charge in [0.05, 0.1) is 0 Å². The number of hydrogen-bond donors (Lipinski definition) is 0. The molecule has 27 heavy (non-hydrogen) atoms. The molecule has 0 amide bonds. The molecule has 0 aliphatic rings. The third kappa shape index (κ3) is 51.7. The smallest absolute Gasteiger partial charge is 0.0200 e. The van der Waals surface area contributed by atoms with E-state index in [4.69, 9.17) is 0 Å². The first kappa shape index (κ1) is 33.8. The summed E-state index contributed by atoms with van der Waals surface area (Å²) in [6.45, 7) is 34.7. The van der Waals surface area contributed by atoms with Crippen LogP contribution in [0.4, 0.5) is 0 Å². The molecule has 0 saturated heterocycles. The van der Waals surface area contributed by atoms with Gasteiger partial charge in [-0.05, 0) is 28.1 Å². The van der Waals surface area contributed by atoms with Crippen molar-refractivity contribution in [2.24, 2.45) is 21.7 Å². The van der Waals surface area contributed by atoms with E-state index in [1.807, 2.05) is 27.7 Å². The van der Waals surface area contributed by atoms with E-state index in [9.17, 15) is 0 Å². The average molecular weight is 381 g/mol. The second-order valence-electron chi connectivity index (χ2n) is 11.0. The molecule has 0 aromatic heterocycles. The lowest BCUT2D eigenvalue weighted by Gasteiger charge is -2.17. The van der Waals surface area contributed by atoms with Gasteiger partial charge in [0.15, 0.2) is 0 Å². The molecule has 0 saturated carbocycles. The summed E-state index contributed by atoms with van der Waals surface area (Å²) in [6.07, 6.45) is 14.4. The summed E-state index contributed by atoms with van der Waals surface area (Å²) in [5.41, 5.74) is 1.36. The Hall–Kier alpha value is -0.780.